The van der Waals surface area contributed by atoms with Gasteiger partial charge >= 0.3 is 6.03 Å². The average Bonchev–Trinajstić information content (AvgIpc) is 2.74. The Balaban J connectivity index is 1.35. The molecule has 0 bridgehead atoms. The molecule has 0 radical (unpaired) electrons. The summed E-state index contributed by atoms with van der Waals surface area (Å²) in [4.78, 5) is 18.3. The van der Waals surface area contributed by atoms with Crippen LogP contribution in [0.3, 0.4) is 0 Å². The molecule has 2 aromatic rings. The number of halogens is 2. The minimum Gasteiger partial charge on any atom is -0.378 e. The Hall–Kier alpha value is -3.01. The van der Waals surface area contributed by atoms with Crippen molar-refractivity contribution in [2.45, 2.75) is 0 Å². The zero-order chi connectivity index (χ0) is 20.2. The third-order valence-electron chi connectivity index (χ3n) is 5.01. The van der Waals surface area contributed by atoms with E-state index in [4.69, 9.17) is 4.74 Å². The van der Waals surface area contributed by atoms with Crippen LogP contribution in [0.2, 0.25) is 0 Å². The van der Waals surface area contributed by atoms with Crippen molar-refractivity contribution in [3.8, 4) is 0 Å². The van der Waals surface area contributed by atoms with E-state index in [1.54, 1.807) is 11.1 Å². The third kappa shape index (κ3) is 4.70. The summed E-state index contributed by atoms with van der Waals surface area (Å²) in [5.74, 6) is -0.700. The molecule has 8 nitrogen and oxygen atoms in total. The highest BCUT2D eigenvalue weighted by Gasteiger charge is 2.23. The molecule has 0 saturated carbocycles. The fourth-order valence-electron chi connectivity index (χ4n) is 3.46. The maximum absolute atomic E-state index is 13.3. The zero-order valence-corrected chi connectivity index (χ0v) is 15.9. The molecule has 10 heteroatoms. The number of aromatic nitrogens is 2. The molecule has 2 aliphatic rings. The molecule has 0 spiro atoms. The van der Waals surface area contributed by atoms with Crippen LogP contribution in [0.1, 0.15) is 0 Å². The molecular formula is C19H22F2N6O2. The molecule has 2 amide bonds. The number of nitrogens with one attached hydrogen (secondary N) is 1. The predicted molar refractivity (Wildman–Crippen MR) is 104 cm³/mol. The van der Waals surface area contributed by atoms with Crippen molar-refractivity contribution in [1.82, 2.24) is 15.1 Å². The summed E-state index contributed by atoms with van der Waals surface area (Å²) in [6.07, 6.45) is 1.75. The fraction of sp³-hybridized carbons (Fsp3) is 0.421. The van der Waals surface area contributed by atoms with E-state index in [1.165, 1.54) is 0 Å². The number of carbonyl (C=O) groups is 1. The molecule has 1 N–H and O–H groups in total. The highest BCUT2D eigenvalue weighted by Crippen LogP contribution is 2.21. The molecule has 3 heterocycles. The van der Waals surface area contributed by atoms with Crippen molar-refractivity contribution >= 4 is 23.2 Å². The molecule has 4 rings (SSSR count). The summed E-state index contributed by atoms with van der Waals surface area (Å²) >= 11 is 0. The molecular weight excluding hydrogens is 382 g/mol. The van der Waals surface area contributed by atoms with Crippen molar-refractivity contribution in [3.63, 3.8) is 0 Å². The van der Waals surface area contributed by atoms with Gasteiger partial charge in [-0.2, -0.15) is 5.10 Å². The van der Waals surface area contributed by atoms with E-state index in [2.05, 4.69) is 25.3 Å². The molecule has 154 valence electrons. The average molecular weight is 404 g/mol. The van der Waals surface area contributed by atoms with Crippen molar-refractivity contribution < 1.29 is 18.3 Å². The molecule has 0 atom stereocenters. The number of rotatable bonds is 3. The number of hydrogen-bond donors (Lipinski definition) is 1. The quantitative estimate of drug-likeness (QED) is 0.843. The van der Waals surface area contributed by atoms with E-state index in [0.717, 1.165) is 42.8 Å². The van der Waals surface area contributed by atoms with Gasteiger partial charge in [0.25, 0.3) is 0 Å². The van der Waals surface area contributed by atoms with Crippen LogP contribution in [0.15, 0.2) is 30.5 Å². The Kier molecular flexibility index (Phi) is 5.70. The molecule has 0 aliphatic carbocycles. The van der Waals surface area contributed by atoms with Gasteiger partial charge in [0.1, 0.15) is 11.6 Å². The Morgan fingerprint density at radius 1 is 0.931 bits per heavy atom. The molecule has 1 aromatic carbocycles. The number of ether oxygens (including phenoxy) is 1. The highest BCUT2D eigenvalue weighted by molar-refractivity contribution is 5.89. The number of amides is 2. The monoisotopic (exact) mass is 404 g/mol. The first-order valence-electron chi connectivity index (χ1n) is 9.51. The van der Waals surface area contributed by atoms with Gasteiger partial charge < -0.3 is 24.8 Å². The Bertz CT molecular complexity index is 849. The van der Waals surface area contributed by atoms with E-state index < -0.39 is 11.6 Å². The number of hydrogen-bond acceptors (Lipinski definition) is 6. The van der Waals surface area contributed by atoms with Gasteiger partial charge in [-0.05, 0) is 12.1 Å². The van der Waals surface area contributed by atoms with Gasteiger partial charge in [0.15, 0.2) is 5.82 Å². The normalized spacial score (nSPS) is 17.4. The van der Waals surface area contributed by atoms with Crippen molar-refractivity contribution in [2.75, 3.05) is 67.6 Å². The molecule has 0 unspecified atom stereocenters. The van der Waals surface area contributed by atoms with Crippen molar-refractivity contribution in [3.05, 3.63) is 42.1 Å². The van der Waals surface area contributed by atoms with Gasteiger partial charge in [-0.1, -0.05) is 0 Å². The summed E-state index contributed by atoms with van der Waals surface area (Å²) in [5.41, 5.74) is 1.10. The SMILES string of the molecule is O=C(Nc1cc(F)cc(F)c1)N1CCN(c2cc(N3CCOCC3)cnn2)CC1. The second-order valence-electron chi connectivity index (χ2n) is 6.93. The van der Waals surface area contributed by atoms with Crippen LogP contribution in [0.4, 0.5) is 30.8 Å². The lowest BCUT2D eigenvalue weighted by atomic mass is 10.3. The van der Waals surface area contributed by atoms with Gasteiger partial charge in [0, 0.05) is 57.1 Å². The first-order chi connectivity index (χ1) is 14.1. The largest absolute Gasteiger partial charge is 0.378 e. The minimum atomic E-state index is -0.733. The number of carbonyl (C=O) groups excluding carboxylic acids is 1. The molecule has 2 fully saturated rings. The number of piperazine rings is 1. The first-order valence-corrected chi connectivity index (χ1v) is 9.51. The van der Waals surface area contributed by atoms with E-state index in [0.29, 0.717) is 39.4 Å². The first kappa shape index (κ1) is 19.3. The lowest BCUT2D eigenvalue weighted by Gasteiger charge is -2.35. The summed E-state index contributed by atoms with van der Waals surface area (Å²) in [6.45, 7) is 5.14. The van der Waals surface area contributed by atoms with E-state index in [1.807, 2.05) is 6.07 Å². The second-order valence-corrected chi connectivity index (χ2v) is 6.93. The van der Waals surface area contributed by atoms with Crippen LogP contribution in [-0.4, -0.2) is 73.6 Å². The summed E-state index contributed by atoms with van der Waals surface area (Å²) in [6, 6.07) is 4.56. The number of urea groups is 1. The lowest BCUT2D eigenvalue weighted by Crippen LogP contribution is -2.50. The second kappa shape index (κ2) is 8.56. The highest BCUT2D eigenvalue weighted by atomic mass is 19.1. The molecule has 2 aliphatic heterocycles. The number of nitrogens with zero attached hydrogens (tertiary/aromatic N) is 5. The van der Waals surface area contributed by atoms with Crippen LogP contribution in [0, 0.1) is 11.6 Å². The smallest absolute Gasteiger partial charge is 0.321 e. The lowest BCUT2D eigenvalue weighted by molar-refractivity contribution is 0.122. The molecule has 1 aromatic heterocycles. The van der Waals surface area contributed by atoms with Gasteiger partial charge in [-0.15, -0.1) is 5.10 Å². The zero-order valence-electron chi connectivity index (χ0n) is 15.9. The van der Waals surface area contributed by atoms with Gasteiger partial charge in [-0.3, -0.25) is 0 Å². The summed E-state index contributed by atoms with van der Waals surface area (Å²) < 4.78 is 32.0. The summed E-state index contributed by atoms with van der Waals surface area (Å²) in [7, 11) is 0. The van der Waals surface area contributed by atoms with Crippen LogP contribution < -0.4 is 15.1 Å². The Morgan fingerprint density at radius 2 is 1.62 bits per heavy atom. The Morgan fingerprint density at radius 3 is 2.31 bits per heavy atom. The topological polar surface area (TPSA) is 73.8 Å². The predicted octanol–water partition coefficient (Wildman–Crippen LogP) is 1.95. The van der Waals surface area contributed by atoms with Crippen molar-refractivity contribution in [2.24, 2.45) is 0 Å². The fourth-order valence-corrected chi connectivity index (χ4v) is 3.46. The number of morpholine rings is 1. The van der Waals surface area contributed by atoms with Crippen LogP contribution >= 0.6 is 0 Å². The number of anilines is 3. The van der Waals surface area contributed by atoms with Crippen LogP contribution in [-0.2, 0) is 4.74 Å². The third-order valence-corrected chi connectivity index (χ3v) is 5.01. The van der Waals surface area contributed by atoms with E-state index in [-0.39, 0.29) is 11.7 Å². The van der Waals surface area contributed by atoms with Gasteiger partial charge in [-0.25, -0.2) is 13.6 Å². The van der Waals surface area contributed by atoms with Gasteiger partial charge in [0.05, 0.1) is 25.1 Å². The minimum absolute atomic E-state index is 0.0963. The summed E-state index contributed by atoms with van der Waals surface area (Å²) in [5, 5.41) is 10.9. The standard InChI is InChI=1S/C19H22F2N6O2/c20-14-9-15(21)11-16(10-14)23-19(28)27-3-1-26(2-4-27)18-12-17(13-22-24-18)25-5-7-29-8-6-25/h9-13H,1-8H2,(H,23,28). The molecule has 29 heavy (non-hydrogen) atoms. The Labute approximate surface area is 167 Å². The van der Waals surface area contributed by atoms with Crippen LogP contribution in [0.25, 0.3) is 0 Å². The van der Waals surface area contributed by atoms with E-state index in [9.17, 15) is 13.6 Å². The molecule has 2 saturated heterocycles. The number of benzene rings is 1. The maximum atomic E-state index is 13.3. The van der Waals surface area contributed by atoms with Crippen LogP contribution in [0.5, 0.6) is 0 Å². The van der Waals surface area contributed by atoms with Gasteiger partial charge in [0.2, 0.25) is 0 Å². The van der Waals surface area contributed by atoms with Crippen molar-refractivity contribution in [1.29, 1.82) is 0 Å². The maximum Gasteiger partial charge on any atom is 0.321 e. The van der Waals surface area contributed by atoms with E-state index >= 15 is 0 Å².